The van der Waals surface area contributed by atoms with E-state index in [0.717, 1.165) is 32.1 Å². The van der Waals surface area contributed by atoms with Crippen LogP contribution in [0.4, 0.5) is 11.4 Å². The zero-order chi connectivity index (χ0) is 17.5. The summed E-state index contributed by atoms with van der Waals surface area (Å²) >= 11 is 3.40. The fourth-order valence-corrected chi connectivity index (χ4v) is 3.90. The van der Waals surface area contributed by atoms with Gasteiger partial charge in [-0.3, -0.25) is 15.0 Å². The number of nitrogens with zero attached hydrogens (tertiary/aromatic N) is 4. The van der Waals surface area contributed by atoms with Crippen LogP contribution in [-0.4, -0.2) is 22.5 Å². The van der Waals surface area contributed by atoms with E-state index in [1.54, 1.807) is 11.8 Å². The van der Waals surface area contributed by atoms with Crippen molar-refractivity contribution in [2.24, 2.45) is 21.5 Å². The van der Waals surface area contributed by atoms with E-state index in [0.29, 0.717) is 15.7 Å². The van der Waals surface area contributed by atoms with Gasteiger partial charge < -0.3 is 11.5 Å². The molecule has 8 nitrogen and oxygen atoms in total. The van der Waals surface area contributed by atoms with Gasteiger partial charge in [0.05, 0.1) is 10.6 Å². The number of anilines is 1. The summed E-state index contributed by atoms with van der Waals surface area (Å²) < 4.78 is 0.646. The van der Waals surface area contributed by atoms with Crippen molar-refractivity contribution < 1.29 is 4.92 Å². The Balaban J connectivity index is 2.15. The van der Waals surface area contributed by atoms with Crippen LogP contribution in [0.1, 0.15) is 37.7 Å². The minimum Gasteiger partial charge on any atom is -0.369 e. The van der Waals surface area contributed by atoms with Crippen molar-refractivity contribution in [1.29, 1.82) is 0 Å². The molecule has 24 heavy (non-hydrogen) atoms. The minimum absolute atomic E-state index is 0.0284. The third-order valence-electron chi connectivity index (χ3n) is 4.61. The van der Waals surface area contributed by atoms with E-state index in [2.05, 4.69) is 25.9 Å². The maximum Gasteiger partial charge on any atom is 0.275 e. The standard InChI is InChI=1S/C15H19BrN6O2/c1-9-11(16)7-10(8-12(9)22(23)24)21-14(18)19-13(17)20-15(21)5-3-2-4-6-15/h7-8H,2-6H2,1H3,(H4,17,18,19,20). The highest BCUT2D eigenvalue weighted by Crippen LogP contribution is 2.42. The zero-order valence-corrected chi connectivity index (χ0v) is 14.9. The first-order valence-corrected chi connectivity index (χ1v) is 8.58. The highest BCUT2D eigenvalue weighted by atomic mass is 79.9. The molecule has 1 fully saturated rings. The largest absolute Gasteiger partial charge is 0.369 e. The van der Waals surface area contributed by atoms with Crippen molar-refractivity contribution in [1.82, 2.24) is 0 Å². The molecule has 2 aliphatic rings. The van der Waals surface area contributed by atoms with Gasteiger partial charge >= 0.3 is 0 Å². The van der Waals surface area contributed by atoms with E-state index in [9.17, 15) is 10.1 Å². The molecule has 0 atom stereocenters. The quantitative estimate of drug-likeness (QED) is 0.589. The molecule has 1 spiro atoms. The topological polar surface area (TPSA) is 123 Å². The lowest BCUT2D eigenvalue weighted by molar-refractivity contribution is -0.385. The maximum absolute atomic E-state index is 11.4. The predicted molar refractivity (Wildman–Crippen MR) is 97.1 cm³/mol. The van der Waals surface area contributed by atoms with Crippen LogP contribution >= 0.6 is 15.9 Å². The second kappa shape index (κ2) is 6.04. The minimum atomic E-state index is -0.614. The third-order valence-corrected chi connectivity index (χ3v) is 5.43. The highest BCUT2D eigenvalue weighted by molar-refractivity contribution is 9.10. The summed E-state index contributed by atoms with van der Waals surface area (Å²) in [4.78, 5) is 21.4. The Morgan fingerprint density at radius 2 is 1.96 bits per heavy atom. The van der Waals surface area contributed by atoms with Crippen LogP contribution in [0.2, 0.25) is 0 Å². The number of rotatable bonds is 2. The Bertz CT molecular complexity index is 755. The lowest BCUT2D eigenvalue weighted by atomic mass is 9.87. The average molecular weight is 395 g/mol. The van der Waals surface area contributed by atoms with Crippen LogP contribution in [0, 0.1) is 17.0 Å². The number of nitro groups is 1. The highest BCUT2D eigenvalue weighted by Gasteiger charge is 2.43. The molecule has 1 heterocycles. The van der Waals surface area contributed by atoms with Crippen molar-refractivity contribution in [2.45, 2.75) is 44.7 Å². The molecular weight excluding hydrogens is 376 g/mol. The molecular formula is C15H19BrN6O2. The van der Waals surface area contributed by atoms with Crippen LogP contribution < -0.4 is 16.4 Å². The summed E-state index contributed by atoms with van der Waals surface area (Å²) in [6, 6.07) is 3.34. The summed E-state index contributed by atoms with van der Waals surface area (Å²) in [5, 5.41) is 11.4. The van der Waals surface area contributed by atoms with Gasteiger partial charge in [-0.15, -0.1) is 0 Å². The van der Waals surface area contributed by atoms with Gasteiger partial charge in [-0.1, -0.05) is 22.4 Å². The first kappa shape index (κ1) is 16.7. The van der Waals surface area contributed by atoms with Gasteiger partial charge in [0.1, 0.15) is 5.66 Å². The molecule has 1 aromatic rings. The fourth-order valence-electron chi connectivity index (χ4n) is 3.46. The van der Waals surface area contributed by atoms with E-state index in [1.807, 2.05) is 6.07 Å². The van der Waals surface area contributed by atoms with E-state index in [4.69, 9.17) is 11.5 Å². The fraction of sp³-hybridized carbons (Fsp3) is 0.467. The van der Waals surface area contributed by atoms with Gasteiger partial charge in [0.2, 0.25) is 11.9 Å². The maximum atomic E-state index is 11.4. The molecule has 128 valence electrons. The molecule has 1 aromatic carbocycles. The molecule has 1 aliphatic heterocycles. The number of aliphatic imine (C=N–C) groups is 2. The van der Waals surface area contributed by atoms with Crippen molar-refractivity contribution >= 4 is 39.2 Å². The van der Waals surface area contributed by atoms with Crippen molar-refractivity contribution in [3.63, 3.8) is 0 Å². The van der Waals surface area contributed by atoms with Gasteiger partial charge in [0, 0.05) is 16.1 Å². The van der Waals surface area contributed by atoms with E-state index >= 15 is 0 Å². The van der Waals surface area contributed by atoms with Crippen LogP contribution in [0.5, 0.6) is 0 Å². The van der Waals surface area contributed by atoms with Crippen LogP contribution in [0.3, 0.4) is 0 Å². The number of benzene rings is 1. The molecule has 0 bridgehead atoms. The molecule has 0 saturated heterocycles. The molecule has 0 aromatic heterocycles. The zero-order valence-electron chi connectivity index (χ0n) is 13.3. The Hall–Kier alpha value is -2.16. The Morgan fingerprint density at radius 1 is 1.29 bits per heavy atom. The van der Waals surface area contributed by atoms with Crippen LogP contribution in [0.15, 0.2) is 26.6 Å². The monoisotopic (exact) mass is 394 g/mol. The summed E-state index contributed by atoms with van der Waals surface area (Å²) in [6.07, 6.45) is 4.68. The van der Waals surface area contributed by atoms with E-state index < -0.39 is 10.6 Å². The number of guanidine groups is 2. The first-order valence-electron chi connectivity index (χ1n) is 7.78. The Kier molecular flexibility index (Phi) is 4.20. The molecule has 1 aliphatic carbocycles. The Morgan fingerprint density at radius 3 is 2.58 bits per heavy atom. The molecule has 0 radical (unpaired) electrons. The van der Waals surface area contributed by atoms with Gasteiger partial charge in [0.15, 0.2) is 0 Å². The molecule has 9 heteroatoms. The number of hydrogen-bond acceptors (Lipinski definition) is 7. The third kappa shape index (κ3) is 2.72. The molecule has 3 rings (SSSR count). The molecule has 0 unspecified atom stereocenters. The van der Waals surface area contributed by atoms with E-state index in [1.165, 1.54) is 6.07 Å². The first-order chi connectivity index (χ1) is 11.3. The number of nitrogens with two attached hydrogens (primary N) is 2. The van der Waals surface area contributed by atoms with Crippen LogP contribution in [0.25, 0.3) is 0 Å². The molecule has 1 saturated carbocycles. The average Bonchev–Trinajstić information content (AvgIpc) is 2.50. The summed E-state index contributed by atoms with van der Waals surface area (Å²) in [5.74, 6) is 0.376. The normalized spacial score (nSPS) is 19.8. The van der Waals surface area contributed by atoms with E-state index in [-0.39, 0.29) is 17.6 Å². The van der Waals surface area contributed by atoms with Crippen molar-refractivity contribution in [3.05, 3.63) is 32.3 Å². The van der Waals surface area contributed by atoms with Crippen molar-refractivity contribution in [2.75, 3.05) is 4.90 Å². The summed E-state index contributed by atoms with van der Waals surface area (Å²) in [6.45, 7) is 1.70. The van der Waals surface area contributed by atoms with Crippen LogP contribution in [-0.2, 0) is 0 Å². The molecule has 0 amide bonds. The summed E-state index contributed by atoms with van der Waals surface area (Å²) in [7, 11) is 0. The number of nitro benzene ring substituents is 1. The second-order valence-electron chi connectivity index (χ2n) is 6.15. The number of halogens is 1. The SMILES string of the molecule is Cc1c(Br)cc(N2C(N)=NC(N)=NC23CCCCC3)cc1[N+](=O)[O-]. The lowest BCUT2D eigenvalue weighted by Crippen LogP contribution is -2.58. The van der Waals surface area contributed by atoms with Gasteiger partial charge in [-0.25, -0.2) is 4.99 Å². The summed E-state index contributed by atoms with van der Waals surface area (Å²) in [5.41, 5.74) is 12.6. The Labute approximate surface area is 147 Å². The van der Waals surface area contributed by atoms with Gasteiger partial charge in [-0.2, -0.15) is 4.99 Å². The lowest BCUT2D eigenvalue weighted by Gasteiger charge is -2.45. The molecule has 4 N–H and O–H groups in total. The van der Waals surface area contributed by atoms with Crippen molar-refractivity contribution in [3.8, 4) is 0 Å². The smallest absolute Gasteiger partial charge is 0.275 e. The van der Waals surface area contributed by atoms with Gasteiger partial charge in [0.25, 0.3) is 5.69 Å². The predicted octanol–water partition coefficient (Wildman–Crippen LogP) is 2.78. The number of hydrogen-bond donors (Lipinski definition) is 2. The second-order valence-corrected chi connectivity index (χ2v) is 7.00. The van der Waals surface area contributed by atoms with Gasteiger partial charge in [-0.05, 0) is 38.7 Å².